The minimum Gasteiger partial charge on any atom is -0.756 e. The zero-order valence-corrected chi connectivity index (χ0v) is 50.9. The van der Waals surface area contributed by atoms with E-state index in [9.17, 15) is 19.0 Å². The number of phosphoric acid groups is 1. The molecule has 0 radical (unpaired) electrons. The quantitative estimate of drug-likeness (QED) is 0.0212. The second-order valence-corrected chi connectivity index (χ2v) is 24.0. The molecule has 3 atom stereocenters. The van der Waals surface area contributed by atoms with Crippen molar-refractivity contribution in [2.24, 2.45) is 0 Å². The van der Waals surface area contributed by atoms with Crippen LogP contribution in [0.5, 0.6) is 0 Å². The van der Waals surface area contributed by atoms with Crippen molar-refractivity contribution in [2.75, 3.05) is 40.9 Å². The maximum absolute atomic E-state index is 13.5. The summed E-state index contributed by atoms with van der Waals surface area (Å²) in [6, 6.07) is -0.897. The molecular weight excluding hydrogens is 952 g/mol. The molecule has 0 rings (SSSR count). The first kappa shape index (κ1) is 72.7. The molecule has 0 saturated heterocycles. The molecule has 0 heterocycles. The maximum atomic E-state index is 13.5. The molecule has 0 aliphatic heterocycles. The number of hydrogen-bond acceptors (Lipinski definition) is 7. The van der Waals surface area contributed by atoms with Gasteiger partial charge in [0, 0.05) is 12.8 Å². The summed E-state index contributed by atoms with van der Waals surface area (Å²) in [5, 5.41) is 3.02. The highest BCUT2D eigenvalue weighted by molar-refractivity contribution is 7.45. The first-order valence-corrected chi connectivity index (χ1v) is 33.1. The first-order valence-electron chi connectivity index (χ1n) is 31.6. The van der Waals surface area contributed by atoms with Crippen molar-refractivity contribution in [3.05, 3.63) is 60.8 Å². The second kappa shape index (κ2) is 55.0. The lowest BCUT2D eigenvalue weighted by molar-refractivity contribution is -0.870. The predicted octanol–water partition coefficient (Wildman–Crippen LogP) is 18.8. The summed E-state index contributed by atoms with van der Waals surface area (Å²) in [6.07, 6.45) is 68.9. The molecule has 10 heteroatoms. The molecule has 0 saturated carbocycles. The van der Waals surface area contributed by atoms with Crippen molar-refractivity contribution >= 4 is 19.7 Å². The van der Waals surface area contributed by atoms with Crippen molar-refractivity contribution < 1.29 is 37.3 Å². The average Bonchev–Trinajstić information content (AvgIpc) is 3.37. The van der Waals surface area contributed by atoms with Crippen LogP contribution >= 0.6 is 7.82 Å². The standard InChI is InChI=1S/C65H121N2O7P/c1-7-10-13-16-19-22-25-28-30-31-32-33-34-35-37-39-42-45-48-51-54-57-64(68)66-62(61-73-75(70,71)72-60-59-67(4,5)6)63(56-53-50-47-44-41-38-27-24-21-18-15-12-9-3)74-65(69)58-55-52-49-46-43-40-36-29-26-23-20-17-14-11-8-2/h19,22,28,30,32-33,35,37,53,56,62-63H,7-18,20-21,23-27,29,31,34,36,38-52,54-55,57-61H2,1-6H3,(H-,66,68,70,71)/b22-19-,30-28-,33-32-,37-35-,56-53-. The lowest BCUT2D eigenvalue weighted by Crippen LogP contribution is -2.47. The van der Waals surface area contributed by atoms with Gasteiger partial charge in [0.25, 0.3) is 7.82 Å². The third-order valence-electron chi connectivity index (χ3n) is 14.0. The van der Waals surface area contributed by atoms with E-state index in [1.807, 2.05) is 33.3 Å². The molecule has 0 aromatic carbocycles. The van der Waals surface area contributed by atoms with E-state index < -0.39 is 26.6 Å². The van der Waals surface area contributed by atoms with Crippen LogP contribution in [0.2, 0.25) is 0 Å². The normalized spacial score (nSPS) is 14.1. The Bertz CT molecular complexity index is 1470. The number of carbonyl (C=O) groups excluding carboxylic acids is 2. The fraction of sp³-hybridized carbons (Fsp3) is 0.815. The van der Waals surface area contributed by atoms with E-state index in [-0.39, 0.29) is 24.9 Å². The summed E-state index contributed by atoms with van der Waals surface area (Å²) in [6.45, 7) is 6.82. The molecule has 0 bridgehead atoms. The van der Waals surface area contributed by atoms with Crippen LogP contribution in [0.4, 0.5) is 0 Å². The van der Waals surface area contributed by atoms with Gasteiger partial charge in [0.2, 0.25) is 5.91 Å². The summed E-state index contributed by atoms with van der Waals surface area (Å²) in [5.74, 6) is -0.553. The van der Waals surface area contributed by atoms with Crippen LogP contribution in [0, 0.1) is 0 Å². The Morgan fingerprint density at radius 3 is 1.24 bits per heavy atom. The third-order valence-corrected chi connectivity index (χ3v) is 14.9. The lowest BCUT2D eigenvalue weighted by Gasteiger charge is -2.30. The Hall–Kier alpha value is -2.29. The molecule has 0 aromatic rings. The van der Waals surface area contributed by atoms with Crippen LogP contribution in [0.3, 0.4) is 0 Å². The molecule has 0 aromatic heterocycles. The molecule has 3 unspecified atom stereocenters. The van der Waals surface area contributed by atoms with Crippen LogP contribution in [-0.4, -0.2) is 69.4 Å². The van der Waals surface area contributed by atoms with Crippen LogP contribution in [-0.2, 0) is 27.9 Å². The van der Waals surface area contributed by atoms with Gasteiger partial charge in [-0.15, -0.1) is 0 Å². The highest BCUT2D eigenvalue weighted by atomic mass is 31.2. The summed E-state index contributed by atoms with van der Waals surface area (Å²) in [4.78, 5) is 40.0. The zero-order chi connectivity index (χ0) is 55.0. The van der Waals surface area contributed by atoms with Gasteiger partial charge >= 0.3 is 5.97 Å². The summed E-state index contributed by atoms with van der Waals surface area (Å²) < 4.78 is 30.3. The molecule has 9 nitrogen and oxygen atoms in total. The molecule has 438 valence electrons. The largest absolute Gasteiger partial charge is 0.756 e. The van der Waals surface area contributed by atoms with Crippen LogP contribution in [0.1, 0.15) is 290 Å². The minimum absolute atomic E-state index is 0.0264. The number of ether oxygens (including phenoxy) is 1. The van der Waals surface area contributed by atoms with Gasteiger partial charge in [-0.3, -0.25) is 14.2 Å². The van der Waals surface area contributed by atoms with E-state index in [1.54, 1.807) is 0 Å². The number of allylic oxidation sites excluding steroid dienone is 9. The van der Waals surface area contributed by atoms with E-state index in [0.717, 1.165) is 96.3 Å². The number of quaternary nitrogens is 1. The highest BCUT2D eigenvalue weighted by Gasteiger charge is 2.27. The number of esters is 1. The van der Waals surface area contributed by atoms with Crippen molar-refractivity contribution in [1.29, 1.82) is 0 Å². The molecule has 0 fully saturated rings. The zero-order valence-electron chi connectivity index (χ0n) is 50.0. The van der Waals surface area contributed by atoms with E-state index in [2.05, 4.69) is 74.7 Å². The summed E-state index contributed by atoms with van der Waals surface area (Å²) in [5.41, 5.74) is 0. The van der Waals surface area contributed by atoms with Crippen molar-refractivity contribution in [3.63, 3.8) is 0 Å². The Balaban J connectivity index is 5.29. The number of nitrogens with zero attached hydrogens (tertiary/aromatic N) is 1. The molecule has 1 N–H and O–H groups in total. The number of nitrogens with one attached hydrogen (secondary N) is 1. The Kier molecular flexibility index (Phi) is 53.4. The molecule has 0 aliphatic carbocycles. The van der Waals surface area contributed by atoms with E-state index in [0.29, 0.717) is 17.4 Å². The van der Waals surface area contributed by atoms with Crippen LogP contribution in [0.15, 0.2) is 60.8 Å². The van der Waals surface area contributed by atoms with Crippen molar-refractivity contribution in [1.82, 2.24) is 5.32 Å². The van der Waals surface area contributed by atoms with Gasteiger partial charge in [-0.2, -0.15) is 0 Å². The molecule has 0 aliphatic rings. The number of phosphoric ester groups is 1. The number of likely N-dealkylation sites (N-methyl/N-ethyl adjacent to an activating group) is 1. The smallest absolute Gasteiger partial charge is 0.306 e. The number of hydrogen-bond donors (Lipinski definition) is 1. The second-order valence-electron chi connectivity index (χ2n) is 22.6. The Morgan fingerprint density at radius 2 is 0.813 bits per heavy atom. The van der Waals surface area contributed by atoms with Gasteiger partial charge < -0.3 is 28.5 Å². The molecule has 0 spiro atoms. The van der Waals surface area contributed by atoms with Gasteiger partial charge in [0.15, 0.2) is 0 Å². The van der Waals surface area contributed by atoms with E-state index in [1.165, 1.54) is 161 Å². The van der Waals surface area contributed by atoms with Gasteiger partial charge in [-0.25, -0.2) is 0 Å². The SMILES string of the molecule is CCCCC/C=C\C/C=C\C/C=C\C/C=C\CCCCCCCC(=O)NC(COP(=O)([O-])OCC[N+](C)(C)C)C(/C=C\CCCCCCCCCCCCC)OC(=O)CCCCCCCCCCCCCCCCC. The minimum atomic E-state index is -4.70. The molecular formula is C65H121N2O7P. The first-order chi connectivity index (χ1) is 36.4. The maximum Gasteiger partial charge on any atom is 0.306 e. The Morgan fingerprint density at radius 1 is 0.467 bits per heavy atom. The lowest BCUT2D eigenvalue weighted by atomic mass is 10.0. The fourth-order valence-electron chi connectivity index (χ4n) is 9.04. The third kappa shape index (κ3) is 56.2. The van der Waals surface area contributed by atoms with Crippen LogP contribution < -0.4 is 10.2 Å². The van der Waals surface area contributed by atoms with Gasteiger partial charge in [0.1, 0.15) is 19.3 Å². The number of amides is 1. The molecule has 75 heavy (non-hydrogen) atoms. The van der Waals surface area contributed by atoms with E-state index in [4.69, 9.17) is 13.8 Å². The fourth-order valence-corrected chi connectivity index (χ4v) is 9.76. The van der Waals surface area contributed by atoms with Gasteiger partial charge in [0.05, 0.1) is 33.8 Å². The molecule has 1 amide bonds. The van der Waals surface area contributed by atoms with Gasteiger partial charge in [-0.1, -0.05) is 262 Å². The highest BCUT2D eigenvalue weighted by Crippen LogP contribution is 2.38. The van der Waals surface area contributed by atoms with Gasteiger partial charge in [-0.05, 0) is 76.7 Å². The Labute approximate surface area is 464 Å². The van der Waals surface area contributed by atoms with Crippen molar-refractivity contribution in [2.45, 2.75) is 303 Å². The number of rotatable bonds is 57. The number of carbonyl (C=O) groups is 2. The average molecular weight is 1070 g/mol. The number of unbranched alkanes of at least 4 members (excludes halogenated alkanes) is 33. The summed E-state index contributed by atoms with van der Waals surface area (Å²) in [7, 11) is 1.17. The van der Waals surface area contributed by atoms with Crippen LogP contribution in [0.25, 0.3) is 0 Å². The van der Waals surface area contributed by atoms with E-state index >= 15 is 0 Å². The van der Waals surface area contributed by atoms with Crippen molar-refractivity contribution in [3.8, 4) is 0 Å². The topological polar surface area (TPSA) is 114 Å². The summed E-state index contributed by atoms with van der Waals surface area (Å²) >= 11 is 0. The monoisotopic (exact) mass is 1070 g/mol. The predicted molar refractivity (Wildman–Crippen MR) is 321 cm³/mol.